The Labute approximate surface area is 173 Å². The van der Waals surface area contributed by atoms with Crippen LogP contribution in [-0.2, 0) is 0 Å². The maximum Gasteiger partial charge on any atom is 0.252 e. The predicted molar refractivity (Wildman–Crippen MR) is 112 cm³/mol. The molecule has 0 atom stereocenters. The number of ether oxygens (including phenoxy) is 2. The molecular weight excluding hydrogens is 384 g/mol. The van der Waals surface area contributed by atoms with E-state index in [1.54, 1.807) is 31.2 Å². The lowest BCUT2D eigenvalue weighted by Gasteiger charge is -2.19. The van der Waals surface area contributed by atoms with Gasteiger partial charge in [0.15, 0.2) is 11.5 Å². The van der Waals surface area contributed by atoms with Crippen LogP contribution >= 0.6 is 0 Å². The lowest BCUT2D eigenvalue weighted by Crippen LogP contribution is -2.15. The van der Waals surface area contributed by atoms with Crippen molar-refractivity contribution in [3.63, 3.8) is 0 Å². The van der Waals surface area contributed by atoms with Gasteiger partial charge < -0.3 is 26.0 Å². The second-order valence-electron chi connectivity index (χ2n) is 6.61. The first-order valence-electron chi connectivity index (χ1n) is 8.92. The molecule has 1 amide bonds. The number of phenolic OH excluding ortho intramolecular Hbond substituents is 1. The number of nitrogens with zero attached hydrogens (tertiary/aromatic N) is 2. The van der Waals surface area contributed by atoms with Crippen molar-refractivity contribution >= 4 is 11.6 Å². The van der Waals surface area contributed by atoms with Crippen LogP contribution in [0.5, 0.6) is 23.1 Å². The molecule has 1 aromatic heterocycles. The third-order valence-corrected chi connectivity index (χ3v) is 4.74. The minimum Gasteiger partial charge on any atom is -0.508 e. The van der Waals surface area contributed by atoms with E-state index in [1.165, 1.54) is 19.4 Å². The number of nitrogens with two attached hydrogens (primary N) is 2. The van der Waals surface area contributed by atoms with Crippen LogP contribution in [-0.4, -0.2) is 23.1 Å². The summed E-state index contributed by atoms with van der Waals surface area (Å²) in [5.41, 5.74) is 14.5. The highest BCUT2D eigenvalue weighted by Gasteiger charge is 2.23. The lowest BCUT2D eigenvalue weighted by atomic mass is 9.93. The van der Waals surface area contributed by atoms with Gasteiger partial charge >= 0.3 is 0 Å². The number of nitriles is 1. The Morgan fingerprint density at radius 2 is 1.90 bits per heavy atom. The normalized spacial score (nSPS) is 10.3. The molecule has 0 aliphatic heterocycles. The Hall–Kier alpha value is -4.25. The third-order valence-electron chi connectivity index (χ3n) is 4.74. The SMILES string of the molecule is COc1cc(C#N)ccc1Oc1ncc(C(N)=O)c(N)c1-c1c(C)ccc(O)c1C. The lowest BCUT2D eigenvalue weighted by molar-refractivity contribution is 0.100. The monoisotopic (exact) mass is 404 g/mol. The van der Waals surface area contributed by atoms with Gasteiger partial charge in [0, 0.05) is 12.3 Å². The van der Waals surface area contributed by atoms with Crippen molar-refractivity contribution in [3.8, 4) is 40.3 Å². The van der Waals surface area contributed by atoms with Crippen LogP contribution in [0.4, 0.5) is 5.69 Å². The minimum atomic E-state index is -0.737. The molecule has 1 heterocycles. The van der Waals surface area contributed by atoms with Crippen LogP contribution in [0.2, 0.25) is 0 Å². The molecule has 8 nitrogen and oxygen atoms in total. The number of phenols is 1. The van der Waals surface area contributed by atoms with E-state index in [2.05, 4.69) is 4.98 Å². The smallest absolute Gasteiger partial charge is 0.252 e. The van der Waals surface area contributed by atoms with Crippen molar-refractivity contribution in [1.29, 1.82) is 5.26 Å². The Bertz CT molecular complexity index is 1200. The molecule has 0 fully saturated rings. The van der Waals surface area contributed by atoms with Crippen LogP contribution < -0.4 is 20.9 Å². The summed E-state index contributed by atoms with van der Waals surface area (Å²) in [4.78, 5) is 16.1. The molecule has 0 saturated heterocycles. The van der Waals surface area contributed by atoms with E-state index in [0.29, 0.717) is 33.8 Å². The number of amides is 1. The number of hydrogen-bond acceptors (Lipinski definition) is 7. The molecule has 0 spiro atoms. The Balaban J connectivity index is 2.28. The molecular formula is C22H20N4O4. The standard InChI is InChI=1S/C22H20N4O4/c1-11-4-6-15(27)12(2)18(11)19-20(24)14(21(25)28)10-26-22(19)30-16-7-5-13(9-23)8-17(16)29-3/h4-8,10,27H,1-3H3,(H2,24,26)(H2,25,28). The number of methoxy groups -OCH3 is 1. The van der Waals surface area contributed by atoms with Crippen molar-refractivity contribution in [3.05, 3.63) is 58.8 Å². The summed E-state index contributed by atoms with van der Waals surface area (Å²) in [5, 5.41) is 19.3. The summed E-state index contributed by atoms with van der Waals surface area (Å²) in [6.07, 6.45) is 1.24. The van der Waals surface area contributed by atoms with Gasteiger partial charge in [-0.1, -0.05) is 6.07 Å². The van der Waals surface area contributed by atoms with Gasteiger partial charge in [-0.15, -0.1) is 0 Å². The zero-order valence-electron chi connectivity index (χ0n) is 16.7. The molecule has 0 aliphatic carbocycles. The number of rotatable bonds is 5. The number of aromatic nitrogens is 1. The summed E-state index contributed by atoms with van der Waals surface area (Å²) in [5.74, 6) is 0.0357. The number of carbonyl (C=O) groups is 1. The highest BCUT2D eigenvalue weighted by Crippen LogP contribution is 2.44. The Morgan fingerprint density at radius 3 is 2.53 bits per heavy atom. The number of pyridine rings is 1. The molecule has 152 valence electrons. The number of benzene rings is 2. The highest BCUT2D eigenvalue weighted by molar-refractivity contribution is 6.02. The fourth-order valence-electron chi connectivity index (χ4n) is 3.17. The minimum absolute atomic E-state index is 0.0336. The summed E-state index contributed by atoms with van der Waals surface area (Å²) in [6, 6.07) is 10.00. The Morgan fingerprint density at radius 1 is 1.17 bits per heavy atom. The average molecular weight is 404 g/mol. The van der Waals surface area contributed by atoms with Crippen LogP contribution in [0.25, 0.3) is 11.1 Å². The molecule has 30 heavy (non-hydrogen) atoms. The van der Waals surface area contributed by atoms with Crippen LogP contribution in [0.3, 0.4) is 0 Å². The quantitative estimate of drug-likeness (QED) is 0.591. The van der Waals surface area contributed by atoms with Crippen LogP contribution in [0.15, 0.2) is 36.5 Å². The number of carbonyl (C=O) groups excluding carboxylic acids is 1. The van der Waals surface area contributed by atoms with Gasteiger partial charge in [0.05, 0.1) is 35.6 Å². The number of anilines is 1. The number of nitrogen functional groups attached to an aromatic ring is 1. The number of primary amides is 1. The van der Waals surface area contributed by atoms with E-state index in [-0.39, 0.29) is 22.9 Å². The van der Waals surface area contributed by atoms with Gasteiger partial charge in [-0.25, -0.2) is 4.98 Å². The Kier molecular flexibility index (Phi) is 5.47. The molecule has 0 saturated carbocycles. The molecule has 0 aliphatic rings. The van der Waals surface area contributed by atoms with Crippen LogP contribution in [0.1, 0.15) is 27.0 Å². The van der Waals surface area contributed by atoms with Crippen molar-refractivity contribution in [2.75, 3.05) is 12.8 Å². The first kappa shape index (κ1) is 20.5. The summed E-state index contributed by atoms with van der Waals surface area (Å²) >= 11 is 0. The van der Waals surface area contributed by atoms with Crippen molar-refractivity contribution in [2.45, 2.75) is 13.8 Å². The molecule has 2 aromatic carbocycles. The van der Waals surface area contributed by atoms with Gasteiger partial charge in [0.25, 0.3) is 5.91 Å². The molecule has 3 aromatic rings. The fraction of sp³-hybridized carbons (Fsp3) is 0.136. The van der Waals surface area contributed by atoms with E-state index in [1.807, 2.05) is 13.0 Å². The summed E-state index contributed by atoms with van der Waals surface area (Å²) in [6.45, 7) is 3.56. The summed E-state index contributed by atoms with van der Waals surface area (Å²) < 4.78 is 11.3. The largest absolute Gasteiger partial charge is 0.508 e. The number of aromatic hydroxyl groups is 1. The molecule has 8 heteroatoms. The molecule has 0 unspecified atom stereocenters. The molecule has 5 N–H and O–H groups in total. The molecule has 0 radical (unpaired) electrons. The van der Waals surface area contributed by atoms with Gasteiger partial charge in [0.2, 0.25) is 5.88 Å². The maximum absolute atomic E-state index is 11.8. The predicted octanol–water partition coefficient (Wildman–Crippen LogP) is 3.42. The average Bonchev–Trinajstić information content (AvgIpc) is 2.72. The van der Waals surface area contributed by atoms with E-state index < -0.39 is 5.91 Å². The number of aryl methyl sites for hydroxylation is 1. The van der Waals surface area contributed by atoms with E-state index >= 15 is 0 Å². The fourth-order valence-corrected chi connectivity index (χ4v) is 3.17. The first-order valence-corrected chi connectivity index (χ1v) is 8.92. The second kappa shape index (κ2) is 8.01. The molecule has 3 rings (SSSR count). The first-order chi connectivity index (χ1) is 14.3. The van der Waals surface area contributed by atoms with E-state index in [0.717, 1.165) is 5.56 Å². The zero-order valence-corrected chi connectivity index (χ0v) is 16.7. The molecule has 0 bridgehead atoms. The topological polar surface area (TPSA) is 144 Å². The van der Waals surface area contributed by atoms with Gasteiger partial charge in [-0.05, 0) is 48.7 Å². The van der Waals surface area contributed by atoms with Crippen molar-refractivity contribution in [2.24, 2.45) is 5.73 Å². The maximum atomic E-state index is 11.8. The highest BCUT2D eigenvalue weighted by atomic mass is 16.5. The van der Waals surface area contributed by atoms with Gasteiger partial charge in [0.1, 0.15) is 5.75 Å². The van der Waals surface area contributed by atoms with Gasteiger partial charge in [-0.3, -0.25) is 4.79 Å². The van der Waals surface area contributed by atoms with Crippen LogP contribution in [0, 0.1) is 25.2 Å². The number of hydrogen-bond donors (Lipinski definition) is 3. The zero-order chi connectivity index (χ0) is 22.0. The third kappa shape index (κ3) is 3.56. The van der Waals surface area contributed by atoms with Crippen molar-refractivity contribution in [1.82, 2.24) is 4.98 Å². The van der Waals surface area contributed by atoms with E-state index in [9.17, 15) is 9.90 Å². The van der Waals surface area contributed by atoms with E-state index in [4.69, 9.17) is 26.2 Å². The second-order valence-corrected chi connectivity index (χ2v) is 6.61. The van der Waals surface area contributed by atoms with Crippen molar-refractivity contribution < 1.29 is 19.4 Å². The summed E-state index contributed by atoms with van der Waals surface area (Å²) in [7, 11) is 1.45. The van der Waals surface area contributed by atoms with Gasteiger partial charge in [-0.2, -0.15) is 5.26 Å².